The van der Waals surface area contributed by atoms with Gasteiger partial charge in [-0.2, -0.15) is 17.9 Å². The molecule has 13 heteroatoms. The SMILES string of the molecule is CCOc1cc(CNc2ccc(-n3nc(OC)oc3=O)cc2)ccc1OC.O=C(O)C(F)(F)F. The molecule has 0 spiro atoms. The number of anilines is 1. The van der Waals surface area contributed by atoms with Crippen molar-refractivity contribution in [2.24, 2.45) is 0 Å². The molecule has 1 aromatic heterocycles. The monoisotopic (exact) mass is 485 g/mol. The lowest BCUT2D eigenvalue weighted by Gasteiger charge is -2.12. The van der Waals surface area contributed by atoms with E-state index in [1.807, 2.05) is 37.3 Å². The van der Waals surface area contributed by atoms with Crippen LogP contribution in [0.1, 0.15) is 12.5 Å². The number of benzene rings is 2. The number of hydrogen-bond donors (Lipinski definition) is 2. The highest BCUT2D eigenvalue weighted by Crippen LogP contribution is 2.28. The van der Waals surface area contributed by atoms with Gasteiger partial charge in [-0.05, 0) is 48.9 Å². The van der Waals surface area contributed by atoms with Crippen LogP contribution in [0, 0.1) is 0 Å². The number of aromatic nitrogens is 2. The maximum atomic E-state index is 11.7. The van der Waals surface area contributed by atoms with Crippen LogP contribution in [-0.4, -0.2) is 47.9 Å². The number of nitrogens with zero attached hydrogens (tertiary/aromatic N) is 2. The van der Waals surface area contributed by atoms with E-state index in [2.05, 4.69) is 10.4 Å². The fourth-order valence-corrected chi connectivity index (χ4v) is 2.53. The molecule has 0 unspecified atom stereocenters. The highest BCUT2D eigenvalue weighted by Gasteiger charge is 2.38. The summed E-state index contributed by atoms with van der Waals surface area (Å²) in [6.45, 7) is 3.11. The van der Waals surface area contributed by atoms with E-state index in [0.29, 0.717) is 30.3 Å². The molecule has 0 aliphatic heterocycles. The van der Waals surface area contributed by atoms with Crippen LogP contribution in [0.15, 0.2) is 51.7 Å². The van der Waals surface area contributed by atoms with Crippen LogP contribution < -0.4 is 25.3 Å². The predicted octanol–water partition coefficient (Wildman–Crippen LogP) is 3.49. The Morgan fingerprint density at radius 3 is 2.26 bits per heavy atom. The second-order valence-corrected chi connectivity index (χ2v) is 6.37. The molecule has 0 fully saturated rings. The van der Waals surface area contributed by atoms with Crippen molar-refractivity contribution in [2.75, 3.05) is 26.1 Å². The number of rotatable bonds is 8. The first-order valence-corrected chi connectivity index (χ1v) is 9.67. The third kappa shape index (κ3) is 7.18. The number of halogens is 3. The number of carboxylic acids is 1. The lowest BCUT2D eigenvalue weighted by molar-refractivity contribution is -0.192. The summed E-state index contributed by atoms with van der Waals surface area (Å²) < 4.78 is 53.4. The molecule has 0 atom stereocenters. The minimum Gasteiger partial charge on any atom is -0.493 e. The molecule has 0 aliphatic rings. The minimum absolute atomic E-state index is 0.0770. The molecule has 10 nitrogen and oxygen atoms in total. The van der Waals surface area contributed by atoms with Gasteiger partial charge in [0.15, 0.2) is 11.5 Å². The normalized spacial score (nSPS) is 10.6. The molecular formula is C21H22F3N3O7. The van der Waals surface area contributed by atoms with Gasteiger partial charge in [0.1, 0.15) is 0 Å². The molecule has 1 heterocycles. The van der Waals surface area contributed by atoms with Crippen LogP contribution in [0.25, 0.3) is 5.69 Å². The van der Waals surface area contributed by atoms with E-state index in [1.165, 1.54) is 7.11 Å². The summed E-state index contributed by atoms with van der Waals surface area (Å²) in [6, 6.07) is 13.1. The third-order valence-electron chi connectivity index (χ3n) is 4.08. The molecule has 2 N–H and O–H groups in total. The average Bonchev–Trinajstić information content (AvgIpc) is 3.19. The Hall–Kier alpha value is -4.16. The molecule has 184 valence electrons. The van der Waals surface area contributed by atoms with Crippen molar-refractivity contribution < 1.29 is 41.7 Å². The predicted molar refractivity (Wildman–Crippen MR) is 114 cm³/mol. The van der Waals surface area contributed by atoms with Crippen molar-refractivity contribution in [3.63, 3.8) is 0 Å². The van der Waals surface area contributed by atoms with Crippen LogP contribution in [0.5, 0.6) is 17.6 Å². The average molecular weight is 485 g/mol. The molecule has 0 radical (unpaired) electrons. The first-order valence-electron chi connectivity index (χ1n) is 9.67. The van der Waals surface area contributed by atoms with Crippen molar-refractivity contribution >= 4 is 11.7 Å². The van der Waals surface area contributed by atoms with Gasteiger partial charge in [0.2, 0.25) is 0 Å². The van der Waals surface area contributed by atoms with E-state index < -0.39 is 17.9 Å². The Labute approximate surface area is 191 Å². The second kappa shape index (κ2) is 11.6. The number of carbonyl (C=O) groups is 1. The van der Waals surface area contributed by atoms with Gasteiger partial charge in [-0.3, -0.25) is 0 Å². The van der Waals surface area contributed by atoms with Crippen molar-refractivity contribution in [1.29, 1.82) is 0 Å². The van der Waals surface area contributed by atoms with Gasteiger partial charge in [0.25, 0.3) is 0 Å². The third-order valence-corrected chi connectivity index (χ3v) is 4.08. The number of aliphatic carboxylic acids is 1. The van der Waals surface area contributed by atoms with Gasteiger partial charge in [-0.25, -0.2) is 9.59 Å². The molecule has 0 aliphatic carbocycles. The van der Waals surface area contributed by atoms with E-state index in [-0.39, 0.29) is 6.08 Å². The maximum absolute atomic E-state index is 11.7. The molecule has 3 rings (SSSR count). The molecule has 0 saturated carbocycles. The van der Waals surface area contributed by atoms with Crippen LogP contribution in [0.4, 0.5) is 18.9 Å². The van der Waals surface area contributed by atoms with E-state index >= 15 is 0 Å². The molecule has 0 bridgehead atoms. The number of alkyl halides is 3. The number of ether oxygens (including phenoxy) is 3. The lowest BCUT2D eigenvalue weighted by atomic mass is 10.2. The Kier molecular flexibility index (Phi) is 8.93. The lowest BCUT2D eigenvalue weighted by Crippen LogP contribution is -2.21. The fraction of sp³-hybridized carbons (Fsp3) is 0.286. The zero-order chi connectivity index (χ0) is 25.3. The number of nitrogens with one attached hydrogen (secondary N) is 1. The molecular weight excluding hydrogens is 463 g/mol. The molecule has 2 aromatic carbocycles. The fourth-order valence-electron chi connectivity index (χ4n) is 2.53. The number of methoxy groups -OCH3 is 2. The summed E-state index contributed by atoms with van der Waals surface area (Å²) >= 11 is 0. The van der Waals surface area contributed by atoms with Crippen molar-refractivity contribution in [1.82, 2.24) is 9.78 Å². The summed E-state index contributed by atoms with van der Waals surface area (Å²) in [5.41, 5.74) is 2.54. The quantitative estimate of drug-likeness (QED) is 0.493. The van der Waals surface area contributed by atoms with Gasteiger partial charge in [0, 0.05) is 12.2 Å². The van der Waals surface area contributed by atoms with Gasteiger partial charge >= 0.3 is 24.0 Å². The first kappa shape index (κ1) is 26.1. The first-order chi connectivity index (χ1) is 16.1. The minimum atomic E-state index is -5.08. The Balaban J connectivity index is 0.000000509. The standard InChI is InChI=1S/C19H21N3O5.C2HF3O2/c1-4-26-17-11-13(5-10-16(17)24-2)12-20-14-6-8-15(9-7-14)22-19(23)27-18(21-22)25-3;3-2(4,5)1(6)7/h5-11,20H,4,12H2,1-3H3;(H,6,7). The summed E-state index contributed by atoms with van der Waals surface area (Å²) in [6.07, 6.45) is -5.16. The van der Waals surface area contributed by atoms with Crippen molar-refractivity contribution in [3.05, 3.63) is 58.6 Å². The highest BCUT2D eigenvalue weighted by molar-refractivity contribution is 5.73. The number of hydrogen-bond acceptors (Lipinski definition) is 8. The molecule has 0 amide bonds. The van der Waals surface area contributed by atoms with Gasteiger partial charge < -0.3 is 29.1 Å². The van der Waals surface area contributed by atoms with E-state index in [9.17, 15) is 18.0 Å². The summed E-state index contributed by atoms with van der Waals surface area (Å²) in [4.78, 5) is 20.6. The number of carboxylic acid groups (broad SMARTS) is 1. The zero-order valence-electron chi connectivity index (χ0n) is 18.4. The van der Waals surface area contributed by atoms with Gasteiger partial charge in [-0.15, -0.1) is 0 Å². The Bertz CT molecular complexity index is 1140. The van der Waals surface area contributed by atoms with Crippen molar-refractivity contribution in [3.8, 4) is 23.3 Å². The summed E-state index contributed by atoms with van der Waals surface area (Å²) in [7, 11) is 3.01. The van der Waals surface area contributed by atoms with Crippen LogP contribution in [-0.2, 0) is 11.3 Å². The van der Waals surface area contributed by atoms with E-state index in [4.69, 9.17) is 28.5 Å². The smallest absolute Gasteiger partial charge is 0.490 e. The second-order valence-electron chi connectivity index (χ2n) is 6.37. The molecule has 0 saturated heterocycles. The highest BCUT2D eigenvalue weighted by atomic mass is 19.4. The van der Waals surface area contributed by atoms with E-state index in [0.717, 1.165) is 15.9 Å². The maximum Gasteiger partial charge on any atom is 0.490 e. The topological polar surface area (TPSA) is 125 Å². The van der Waals surface area contributed by atoms with E-state index in [1.54, 1.807) is 19.2 Å². The van der Waals surface area contributed by atoms with Crippen LogP contribution >= 0.6 is 0 Å². The largest absolute Gasteiger partial charge is 0.493 e. The van der Waals surface area contributed by atoms with Crippen LogP contribution in [0.3, 0.4) is 0 Å². The molecule has 3 aromatic rings. The van der Waals surface area contributed by atoms with Gasteiger partial charge in [0.05, 0.1) is 26.5 Å². The van der Waals surface area contributed by atoms with Crippen molar-refractivity contribution in [2.45, 2.75) is 19.6 Å². The summed E-state index contributed by atoms with van der Waals surface area (Å²) in [5, 5.41) is 14.4. The zero-order valence-corrected chi connectivity index (χ0v) is 18.4. The van der Waals surface area contributed by atoms with Crippen LogP contribution in [0.2, 0.25) is 0 Å². The van der Waals surface area contributed by atoms with Gasteiger partial charge in [-0.1, -0.05) is 11.2 Å². The Morgan fingerprint density at radius 2 is 1.76 bits per heavy atom. The molecule has 34 heavy (non-hydrogen) atoms. The Morgan fingerprint density at radius 1 is 1.12 bits per heavy atom. The summed E-state index contributed by atoms with van der Waals surface area (Å²) in [5.74, 6) is -1.94.